The molecule has 0 atom stereocenters. The van der Waals surface area contributed by atoms with E-state index in [-0.39, 0.29) is 16.5 Å². The topological polar surface area (TPSA) is 71.6 Å². The highest BCUT2D eigenvalue weighted by Gasteiger charge is 2.34. The van der Waals surface area contributed by atoms with Gasteiger partial charge in [0.25, 0.3) is 0 Å². The molecule has 0 saturated heterocycles. The monoisotopic (exact) mass is 393 g/mol. The highest BCUT2D eigenvalue weighted by Crippen LogP contribution is 2.40. The maximum Gasteiger partial charge on any atom is 0.418 e. The van der Waals surface area contributed by atoms with Gasteiger partial charge in [0.1, 0.15) is 0 Å². The van der Waals surface area contributed by atoms with E-state index in [1.54, 1.807) is 18.2 Å². The van der Waals surface area contributed by atoms with Crippen molar-refractivity contribution < 1.29 is 32.5 Å². The van der Waals surface area contributed by atoms with Crippen molar-refractivity contribution in [2.24, 2.45) is 0 Å². The minimum atomic E-state index is -4.57. The van der Waals surface area contributed by atoms with Crippen LogP contribution in [0.4, 0.5) is 13.2 Å². The lowest BCUT2D eigenvalue weighted by atomic mass is 10.0. The van der Waals surface area contributed by atoms with E-state index in [1.807, 2.05) is 6.92 Å². The highest BCUT2D eigenvalue weighted by molar-refractivity contribution is 5.96. The molecule has 0 aliphatic rings. The van der Waals surface area contributed by atoms with Gasteiger partial charge >= 0.3 is 12.1 Å². The van der Waals surface area contributed by atoms with Gasteiger partial charge in [-0.2, -0.15) is 13.2 Å². The summed E-state index contributed by atoms with van der Waals surface area (Å²) in [7, 11) is 1.45. The van der Waals surface area contributed by atoms with Crippen LogP contribution in [-0.4, -0.2) is 29.8 Å². The number of nitrogens with one attached hydrogen (secondary N) is 1. The Balaban J connectivity index is 2.26. The van der Waals surface area contributed by atoms with Crippen molar-refractivity contribution >= 4 is 16.9 Å². The van der Waals surface area contributed by atoms with E-state index in [2.05, 4.69) is 4.98 Å². The molecule has 3 aromatic rings. The van der Waals surface area contributed by atoms with Crippen molar-refractivity contribution in [3.05, 3.63) is 47.5 Å². The van der Waals surface area contributed by atoms with E-state index in [0.29, 0.717) is 29.4 Å². The molecule has 0 unspecified atom stereocenters. The van der Waals surface area contributed by atoms with Crippen LogP contribution in [0.15, 0.2) is 36.4 Å². The van der Waals surface area contributed by atoms with Gasteiger partial charge in [0, 0.05) is 10.9 Å². The molecule has 0 aliphatic carbocycles. The number of hydrogen-bond acceptors (Lipinski definition) is 3. The van der Waals surface area contributed by atoms with Crippen LogP contribution in [0.3, 0.4) is 0 Å². The van der Waals surface area contributed by atoms with Crippen LogP contribution >= 0.6 is 0 Å². The highest BCUT2D eigenvalue weighted by atomic mass is 19.4. The Morgan fingerprint density at radius 3 is 2.54 bits per heavy atom. The van der Waals surface area contributed by atoms with E-state index in [1.165, 1.54) is 19.2 Å². The fourth-order valence-corrected chi connectivity index (χ4v) is 3.19. The number of carboxylic acids is 1. The molecule has 3 rings (SSSR count). The third-order valence-electron chi connectivity index (χ3n) is 4.33. The van der Waals surface area contributed by atoms with E-state index in [9.17, 15) is 23.1 Å². The van der Waals surface area contributed by atoms with Crippen molar-refractivity contribution in [2.75, 3.05) is 13.7 Å². The summed E-state index contributed by atoms with van der Waals surface area (Å²) in [5, 5.41) is 9.50. The summed E-state index contributed by atoms with van der Waals surface area (Å²) < 4.78 is 51.0. The first kappa shape index (κ1) is 19.6. The van der Waals surface area contributed by atoms with Crippen LogP contribution < -0.4 is 9.47 Å². The number of alkyl halides is 3. The number of ether oxygens (including phenoxy) is 2. The summed E-state index contributed by atoms with van der Waals surface area (Å²) in [6.45, 7) is 2.23. The molecule has 0 spiro atoms. The quantitative estimate of drug-likeness (QED) is 0.626. The molecule has 5 nitrogen and oxygen atoms in total. The van der Waals surface area contributed by atoms with E-state index in [4.69, 9.17) is 9.47 Å². The van der Waals surface area contributed by atoms with Crippen LogP contribution in [-0.2, 0) is 17.4 Å². The number of carboxylic acid groups (broad SMARTS) is 1. The molecule has 148 valence electrons. The number of halogens is 3. The predicted octanol–water partition coefficient (Wildman–Crippen LogP) is 4.89. The molecular formula is C20H18F3NO4. The molecule has 0 saturated carbocycles. The third kappa shape index (κ3) is 3.62. The first-order valence-corrected chi connectivity index (χ1v) is 8.50. The SMILES string of the molecule is CCOc1ccc(-c2[nH]c3c(C(F)(F)F)cccc3c2CC(=O)O)cc1OC. The van der Waals surface area contributed by atoms with Gasteiger partial charge in [0.2, 0.25) is 0 Å². The molecule has 0 aliphatic heterocycles. The Kier molecular flexibility index (Phi) is 5.22. The van der Waals surface area contributed by atoms with Crippen LogP contribution in [0.2, 0.25) is 0 Å². The third-order valence-corrected chi connectivity index (χ3v) is 4.33. The Morgan fingerprint density at radius 1 is 1.18 bits per heavy atom. The summed E-state index contributed by atoms with van der Waals surface area (Å²) in [5.41, 5.74) is 0.0889. The zero-order valence-corrected chi connectivity index (χ0v) is 15.2. The van der Waals surface area contributed by atoms with Gasteiger partial charge in [0.05, 0.1) is 36.9 Å². The minimum absolute atomic E-state index is 0.144. The number of hydrogen-bond donors (Lipinski definition) is 2. The standard InChI is InChI=1S/C20H18F3NO4/c1-3-28-15-8-7-11(9-16(15)27-2)18-13(10-17(25)26)12-5-4-6-14(19(12)24-18)20(21,22)23/h4-9,24H,3,10H2,1-2H3,(H,25,26). The Labute approximate surface area is 158 Å². The van der Waals surface area contributed by atoms with Crippen LogP contribution in [0, 0.1) is 0 Å². The number of benzene rings is 2. The summed E-state index contributed by atoms with van der Waals surface area (Å²) in [6.07, 6.45) is -5.00. The largest absolute Gasteiger partial charge is 0.493 e. The van der Waals surface area contributed by atoms with Crippen LogP contribution in [0.5, 0.6) is 11.5 Å². The molecule has 2 N–H and O–H groups in total. The normalized spacial score (nSPS) is 11.6. The lowest BCUT2D eigenvalue weighted by molar-refractivity contribution is -0.137. The van der Waals surface area contributed by atoms with Gasteiger partial charge in [-0.15, -0.1) is 0 Å². The second kappa shape index (κ2) is 7.46. The second-order valence-electron chi connectivity index (χ2n) is 6.07. The number of para-hydroxylation sites is 1. The lowest BCUT2D eigenvalue weighted by Crippen LogP contribution is -2.05. The zero-order chi connectivity index (χ0) is 20.5. The Hall–Kier alpha value is -3.16. The first-order valence-electron chi connectivity index (χ1n) is 8.50. The van der Waals surface area contributed by atoms with Crippen LogP contribution in [0.1, 0.15) is 18.1 Å². The van der Waals surface area contributed by atoms with Gasteiger partial charge < -0.3 is 19.6 Å². The number of fused-ring (bicyclic) bond motifs is 1. The van der Waals surface area contributed by atoms with Crippen molar-refractivity contribution in [1.29, 1.82) is 0 Å². The van der Waals surface area contributed by atoms with Crippen molar-refractivity contribution in [3.63, 3.8) is 0 Å². The molecule has 0 bridgehead atoms. The average Bonchev–Trinajstić information content (AvgIpc) is 2.99. The van der Waals surface area contributed by atoms with E-state index in [0.717, 1.165) is 6.07 Å². The van der Waals surface area contributed by atoms with E-state index < -0.39 is 24.1 Å². The van der Waals surface area contributed by atoms with Gasteiger partial charge in [-0.3, -0.25) is 4.79 Å². The summed E-state index contributed by atoms with van der Waals surface area (Å²) >= 11 is 0. The van der Waals surface area contributed by atoms with Gasteiger partial charge in [-0.25, -0.2) is 0 Å². The molecule has 28 heavy (non-hydrogen) atoms. The Bertz CT molecular complexity index is 1020. The number of H-pyrrole nitrogens is 1. The second-order valence-corrected chi connectivity index (χ2v) is 6.07. The van der Waals surface area contributed by atoms with Crippen molar-refractivity contribution in [1.82, 2.24) is 4.98 Å². The molecule has 1 aromatic heterocycles. The molecule has 0 amide bonds. The lowest BCUT2D eigenvalue weighted by Gasteiger charge is -2.11. The minimum Gasteiger partial charge on any atom is -0.493 e. The maximum absolute atomic E-state index is 13.4. The van der Waals surface area contributed by atoms with Crippen molar-refractivity contribution in [3.8, 4) is 22.8 Å². The number of rotatable bonds is 6. The van der Waals surface area contributed by atoms with Crippen LogP contribution in [0.25, 0.3) is 22.2 Å². The van der Waals surface area contributed by atoms with E-state index >= 15 is 0 Å². The summed E-state index contributed by atoms with van der Waals surface area (Å²) in [5.74, 6) is -0.256. The number of aromatic nitrogens is 1. The number of aliphatic carboxylic acids is 1. The molecule has 1 heterocycles. The predicted molar refractivity (Wildman–Crippen MR) is 97.8 cm³/mol. The van der Waals surface area contributed by atoms with Gasteiger partial charge in [-0.1, -0.05) is 12.1 Å². The number of methoxy groups -OCH3 is 1. The fraction of sp³-hybridized carbons (Fsp3) is 0.250. The molecule has 2 aromatic carbocycles. The number of carbonyl (C=O) groups is 1. The molecule has 8 heteroatoms. The average molecular weight is 393 g/mol. The maximum atomic E-state index is 13.4. The summed E-state index contributed by atoms with van der Waals surface area (Å²) in [6, 6.07) is 8.61. The Morgan fingerprint density at radius 2 is 1.93 bits per heavy atom. The van der Waals surface area contributed by atoms with Gasteiger partial charge in [-0.05, 0) is 36.8 Å². The summed E-state index contributed by atoms with van der Waals surface area (Å²) in [4.78, 5) is 14.1. The first-order chi connectivity index (χ1) is 13.3. The number of aromatic amines is 1. The molecule has 0 radical (unpaired) electrons. The zero-order valence-electron chi connectivity index (χ0n) is 15.2. The van der Waals surface area contributed by atoms with Crippen molar-refractivity contribution in [2.45, 2.75) is 19.5 Å². The smallest absolute Gasteiger partial charge is 0.418 e. The van der Waals surface area contributed by atoms with Gasteiger partial charge in [0.15, 0.2) is 11.5 Å². The molecule has 0 fully saturated rings. The fourth-order valence-electron chi connectivity index (χ4n) is 3.19. The molecular weight excluding hydrogens is 375 g/mol.